The average molecular weight is 459 g/mol. The maximum absolute atomic E-state index is 14.4. The summed E-state index contributed by atoms with van der Waals surface area (Å²) in [6.07, 6.45) is 16.5. The Morgan fingerprint density at radius 2 is 0.656 bits per heavy atom. The van der Waals surface area contributed by atoms with Crippen molar-refractivity contribution in [3.05, 3.63) is 114 Å². The molecule has 0 aromatic carbocycles. The van der Waals surface area contributed by atoms with Crippen LogP contribution in [0, 0.1) is 0 Å². The quantitative estimate of drug-likeness (QED) is 0.128. The van der Waals surface area contributed by atoms with Gasteiger partial charge < -0.3 is 0 Å². The van der Waals surface area contributed by atoms with Crippen LogP contribution in [0.15, 0.2) is 114 Å². The second-order valence-corrected chi connectivity index (χ2v) is 8.93. The maximum atomic E-state index is 14.4. The Labute approximate surface area is 195 Å². The molecule has 0 saturated carbocycles. The molecule has 0 aliphatic rings. The summed E-state index contributed by atoms with van der Waals surface area (Å²) >= 11 is 0. The molecule has 0 radical (unpaired) electrons. The summed E-state index contributed by atoms with van der Waals surface area (Å²) < 4.78 is 32.9. The summed E-state index contributed by atoms with van der Waals surface area (Å²) in [4.78, 5) is 0. The van der Waals surface area contributed by atoms with Crippen molar-refractivity contribution in [1.29, 1.82) is 0 Å². The van der Waals surface area contributed by atoms with Crippen LogP contribution < -0.4 is 0 Å². The Morgan fingerprint density at radius 3 is 0.781 bits per heavy atom. The van der Waals surface area contributed by atoms with E-state index in [1.807, 2.05) is 0 Å². The van der Waals surface area contributed by atoms with Gasteiger partial charge in [0.25, 0.3) is 0 Å². The number of rotatable bonds is 21. The Morgan fingerprint density at radius 1 is 0.469 bits per heavy atom. The third kappa shape index (κ3) is 8.37. The van der Waals surface area contributed by atoms with Crippen LogP contribution in [0.3, 0.4) is 0 Å². The summed E-state index contributed by atoms with van der Waals surface area (Å²) in [7, 11) is -4.31. The van der Waals surface area contributed by atoms with Crippen molar-refractivity contribution in [3.63, 3.8) is 0 Å². The Bertz CT molecular complexity index is 632. The molecule has 0 saturated heterocycles. The fraction of sp³-hybridized carbons (Fsp3) is 0.333. The SMILES string of the molecule is C=CCC(C=C)(CC=C)OP(=O)(OC(C=C)(CC=C)CC=C)OC(C=C)(CC=C)CC=C. The van der Waals surface area contributed by atoms with Gasteiger partial charge in [0.05, 0.1) is 0 Å². The van der Waals surface area contributed by atoms with E-state index in [4.69, 9.17) is 13.6 Å². The summed E-state index contributed by atoms with van der Waals surface area (Å²) in [5, 5.41) is 0. The first-order chi connectivity index (χ1) is 15.2. The average Bonchev–Trinajstić information content (AvgIpc) is 2.74. The summed E-state index contributed by atoms with van der Waals surface area (Å²) in [6, 6.07) is 0. The fourth-order valence-electron chi connectivity index (χ4n) is 3.28. The number of hydrogen-bond donors (Lipinski definition) is 0. The molecular weight excluding hydrogens is 419 g/mol. The minimum Gasteiger partial charge on any atom is -0.275 e. The Balaban J connectivity index is 6.75. The smallest absolute Gasteiger partial charge is 0.275 e. The van der Waals surface area contributed by atoms with Crippen molar-refractivity contribution in [2.45, 2.75) is 55.3 Å². The summed E-state index contributed by atoms with van der Waals surface area (Å²) in [5.41, 5.74) is -3.32. The van der Waals surface area contributed by atoms with E-state index in [1.165, 1.54) is 0 Å². The Kier molecular flexibility index (Phi) is 13.0. The predicted octanol–water partition coefficient (Wildman–Crippen LogP) is 8.38. The molecule has 176 valence electrons. The molecule has 0 atom stereocenters. The summed E-state index contributed by atoms with van der Waals surface area (Å²) in [5.74, 6) is 0. The maximum Gasteiger partial charge on any atom is 0.477 e. The lowest BCUT2D eigenvalue weighted by atomic mass is 9.96. The molecule has 0 bridgehead atoms. The van der Waals surface area contributed by atoms with Crippen molar-refractivity contribution in [2.75, 3.05) is 0 Å². The van der Waals surface area contributed by atoms with Gasteiger partial charge in [0.1, 0.15) is 16.8 Å². The number of phosphoric acid groups is 1. The van der Waals surface area contributed by atoms with Crippen LogP contribution in [-0.2, 0) is 18.1 Å². The van der Waals surface area contributed by atoms with E-state index in [0.717, 1.165) is 0 Å². The van der Waals surface area contributed by atoms with E-state index in [9.17, 15) is 4.57 Å². The molecule has 0 aromatic rings. The second-order valence-electron chi connectivity index (χ2n) is 7.48. The zero-order valence-electron chi connectivity index (χ0n) is 19.4. The minimum absolute atomic E-state index is 0.313. The van der Waals surface area contributed by atoms with E-state index >= 15 is 0 Å². The highest BCUT2D eigenvalue weighted by Gasteiger charge is 2.47. The molecule has 0 heterocycles. The first-order valence-corrected chi connectivity index (χ1v) is 11.9. The van der Waals surface area contributed by atoms with Crippen molar-refractivity contribution in [2.24, 2.45) is 0 Å². The van der Waals surface area contributed by atoms with Crippen LogP contribution in [-0.4, -0.2) is 16.8 Å². The zero-order chi connectivity index (χ0) is 24.7. The van der Waals surface area contributed by atoms with Crippen LogP contribution in [0.2, 0.25) is 0 Å². The van der Waals surface area contributed by atoms with Crippen LogP contribution in [0.4, 0.5) is 0 Å². The largest absolute Gasteiger partial charge is 0.477 e. The predicted molar refractivity (Wildman–Crippen MR) is 139 cm³/mol. The molecule has 0 spiro atoms. The molecule has 0 rings (SSSR count). The molecule has 0 fully saturated rings. The van der Waals surface area contributed by atoms with Gasteiger partial charge in [-0.1, -0.05) is 54.7 Å². The van der Waals surface area contributed by atoms with Crippen LogP contribution in [0.1, 0.15) is 38.5 Å². The van der Waals surface area contributed by atoms with Gasteiger partial charge in [0, 0.05) is 0 Å². The normalized spacial score (nSPS) is 12.2. The van der Waals surface area contributed by atoms with Crippen LogP contribution in [0.5, 0.6) is 0 Å². The molecule has 0 amide bonds. The van der Waals surface area contributed by atoms with Crippen molar-refractivity contribution in [3.8, 4) is 0 Å². The molecule has 0 aliphatic heterocycles. The van der Waals surface area contributed by atoms with E-state index in [0.29, 0.717) is 38.5 Å². The lowest BCUT2D eigenvalue weighted by Crippen LogP contribution is -2.36. The topological polar surface area (TPSA) is 44.8 Å². The minimum atomic E-state index is -4.31. The fourth-order valence-corrected chi connectivity index (χ4v) is 5.39. The molecular formula is C27H39O4P. The van der Waals surface area contributed by atoms with Gasteiger partial charge in [0.15, 0.2) is 0 Å². The van der Waals surface area contributed by atoms with E-state index < -0.39 is 24.6 Å². The number of phosphoric ester groups is 1. The highest BCUT2D eigenvalue weighted by molar-refractivity contribution is 7.48. The molecule has 0 unspecified atom stereocenters. The molecule has 32 heavy (non-hydrogen) atoms. The zero-order valence-corrected chi connectivity index (χ0v) is 20.3. The van der Waals surface area contributed by atoms with Gasteiger partial charge in [-0.2, -0.15) is 0 Å². The monoisotopic (exact) mass is 458 g/mol. The Hall–Kier alpha value is -2.23. The molecule has 4 nitrogen and oxygen atoms in total. The highest BCUT2D eigenvalue weighted by Crippen LogP contribution is 2.61. The van der Waals surface area contributed by atoms with Gasteiger partial charge in [-0.15, -0.1) is 59.2 Å². The lowest BCUT2D eigenvalue weighted by molar-refractivity contribution is -0.0277. The van der Waals surface area contributed by atoms with E-state index in [-0.39, 0.29) is 0 Å². The first-order valence-electron chi connectivity index (χ1n) is 10.5. The third-order valence-corrected chi connectivity index (χ3v) is 6.70. The van der Waals surface area contributed by atoms with Gasteiger partial charge in [-0.25, -0.2) is 4.57 Å². The molecule has 5 heteroatoms. The van der Waals surface area contributed by atoms with Crippen molar-refractivity contribution < 1.29 is 18.1 Å². The van der Waals surface area contributed by atoms with E-state index in [2.05, 4.69) is 59.2 Å². The van der Waals surface area contributed by atoms with Crippen molar-refractivity contribution in [1.82, 2.24) is 0 Å². The van der Waals surface area contributed by atoms with E-state index in [1.54, 1.807) is 54.7 Å². The van der Waals surface area contributed by atoms with Crippen molar-refractivity contribution >= 4 is 7.82 Å². The molecule has 0 N–H and O–H groups in total. The standard InChI is InChI=1S/C27H39O4P/c1-10-19-25(16-7,20-11-2)29-32(28,30-26(17-8,21-12-3)22-13-4)31-27(18-9,23-14-5)24-15-6/h10-18H,1-9,19-24H2. The third-order valence-electron chi connectivity index (χ3n) is 4.94. The molecule has 0 aromatic heterocycles. The van der Waals surface area contributed by atoms with Gasteiger partial charge in [-0.3, -0.25) is 13.6 Å². The van der Waals surface area contributed by atoms with Gasteiger partial charge in [0.2, 0.25) is 0 Å². The summed E-state index contributed by atoms with van der Waals surface area (Å²) in [6.45, 7) is 34.3. The highest BCUT2D eigenvalue weighted by atomic mass is 31.2. The molecule has 0 aliphatic carbocycles. The van der Waals surface area contributed by atoms with Gasteiger partial charge >= 0.3 is 7.82 Å². The van der Waals surface area contributed by atoms with Crippen LogP contribution in [0.25, 0.3) is 0 Å². The number of hydrogen-bond acceptors (Lipinski definition) is 4. The first kappa shape index (κ1) is 29.8. The van der Waals surface area contributed by atoms with Gasteiger partial charge in [-0.05, 0) is 38.5 Å². The second kappa shape index (κ2) is 14.0. The lowest BCUT2D eigenvalue weighted by Gasteiger charge is -2.40. The van der Waals surface area contributed by atoms with Crippen LogP contribution >= 0.6 is 7.82 Å².